The number of hydrogen-bond acceptors (Lipinski definition) is 1. The van der Waals surface area contributed by atoms with Crippen molar-refractivity contribution in [3.8, 4) is 0 Å². The first kappa shape index (κ1) is 13.7. The zero-order valence-electron chi connectivity index (χ0n) is 10.2. The van der Waals surface area contributed by atoms with E-state index in [1.807, 2.05) is 0 Å². The maximum Gasteiger partial charge on any atom is 0.00668 e. The van der Waals surface area contributed by atoms with E-state index in [4.69, 9.17) is 0 Å². The fourth-order valence-corrected chi connectivity index (χ4v) is 1.80. The quantitative estimate of drug-likeness (QED) is 0.436. The van der Waals surface area contributed by atoms with E-state index in [1.165, 1.54) is 44.1 Å². The number of rotatable bonds is 9. The summed E-state index contributed by atoms with van der Waals surface area (Å²) in [5, 5.41) is 3.55. The van der Waals surface area contributed by atoms with Crippen molar-refractivity contribution in [3.63, 3.8) is 0 Å². The van der Waals surface area contributed by atoms with Crippen LogP contribution in [0.1, 0.15) is 59.3 Å². The van der Waals surface area contributed by atoms with Crippen LogP contribution < -0.4 is 5.32 Å². The van der Waals surface area contributed by atoms with Crippen LogP contribution in [0.2, 0.25) is 0 Å². The first-order valence-corrected chi connectivity index (χ1v) is 6.08. The van der Waals surface area contributed by atoms with Gasteiger partial charge in [-0.25, -0.2) is 0 Å². The van der Waals surface area contributed by atoms with Crippen molar-refractivity contribution in [2.45, 2.75) is 65.3 Å². The second kappa shape index (κ2) is 9.26. The van der Waals surface area contributed by atoms with E-state index in [9.17, 15) is 0 Å². The largest absolute Gasteiger partial charge is 0.314 e. The summed E-state index contributed by atoms with van der Waals surface area (Å²) in [6, 6.07) is 0.745. The van der Waals surface area contributed by atoms with Crippen LogP contribution >= 0.6 is 0 Å². The van der Waals surface area contributed by atoms with Crippen molar-refractivity contribution < 1.29 is 0 Å². The van der Waals surface area contributed by atoms with E-state index in [-0.39, 0.29) is 0 Å². The molecule has 84 valence electrons. The first-order chi connectivity index (χ1) is 6.70. The van der Waals surface area contributed by atoms with Gasteiger partial charge in [-0.05, 0) is 39.2 Å². The van der Waals surface area contributed by atoms with Gasteiger partial charge in [0.1, 0.15) is 0 Å². The predicted octanol–water partition coefficient (Wildman–Crippen LogP) is 3.90. The average molecular weight is 197 g/mol. The topological polar surface area (TPSA) is 12.0 Å². The summed E-state index contributed by atoms with van der Waals surface area (Å²) in [4.78, 5) is 0. The Morgan fingerprint density at radius 2 is 1.93 bits per heavy atom. The van der Waals surface area contributed by atoms with Gasteiger partial charge < -0.3 is 5.32 Å². The fourth-order valence-electron chi connectivity index (χ4n) is 1.80. The van der Waals surface area contributed by atoms with Gasteiger partial charge in [-0.2, -0.15) is 0 Å². The Labute approximate surface area is 90.0 Å². The Balaban J connectivity index is 3.44. The highest BCUT2D eigenvalue weighted by molar-refractivity contribution is 4.87. The lowest BCUT2D eigenvalue weighted by atomic mass is 10.0. The molecule has 0 aromatic carbocycles. The predicted molar refractivity (Wildman–Crippen MR) is 65.7 cm³/mol. The molecular weight excluding hydrogens is 170 g/mol. The van der Waals surface area contributed by atoms with Gasteiger partial charge in [-0.15, -0.1) is 6.58 Å². The van der Waals surface area contributed by atoms with Gasteiger partial charge in [0, 0.05) is 6.04 Å². The number of allylic oxidation sites excluding steroid dienone is 1. The summed E-state index contributed by atoms with van der Waals surface area (Å²) < 4.78 is 0. The minimum absolute atomic E-state index is 0.745. The van der Waals surface area contributed by atoms with Crippen LogP contribution in [-0.4, -0.2) is 12.6 Å². The number of nitrogens with one attached hydrogen (secondary N) is 1. The van der Waals surface area contributed by atoms with Crippen LogP contribution in [0, 0.1) is 0 Å². The molecule has 1 unspecified atom stereocenters. The van der Waals surface area contributed by atoms with Gasteiger partial charge in [0.25, 0.3) is 0 Å². The zero-order chi connectivity index (χ0) is 10.8. The summed E-state index contributed by atoms with van der Waals surface area (Å²) in [5.41, 5.74) is 1.32. The van der Waals surface area contributed by atoms with E-state index in [1.54, 1.807) is 0 Å². The highest BCUT2D eigenvalue weighted by Crippen LogP contribution is 2.10. The Kier molecular flexibility index (Phi) is 9.06. The molecule has 1 nitrogen and oxygen atoms in total. The standard InChI is InChI=1S/C13H27N/c1-5-9-13(14-6-2)11-8-7-10-12(3)4/h13-14H,3,5-11H2,1-2,4H3. The summed E-state index contributed by atoms with van der Waals surface area (Å²) in [6.45, 7) is 11.6. The molecule has 0 heterocycles. The van der Waals surface area contributed by atoms with Crippen molar-refractivity contribution in [3.05, 3.63) is 12.2 Å². The van der Waals surface area contributed by atoms with E-state index < -0.39 is 0 Å². The number of unbranched alkanes of at least 4 members (excludes halogenated alkanes) is 1. The van der Waals surface area contributed by atoms with Crippen LogP contribution in [0.15, 0.2) is 12.2 Å². The van der Waals surface area contributed by atoms with Crippen LogP contribution in [0.4, 0.5) is 0 Å². The maximum absolute atomic E-state index is 3.93. The molecule has 0 bridgehead atoms. The maximum atomic E-state index is 3.93. The SMILES string of the molecule is C=C(C)CCCCC(CCC)NCC. The highest BCUT2D eigenvalue weighted by atomic mass is 14.9. The Bertz CT molecular complexity index is 134. The fraction of sp³-hybridized carbons (Fsp3) is 0.846. The molecule has 0 aromatic heterocycles. The third-order valence-corrected chi connectivity index (χ3v) is 2.54. The van der Waals surface area contributed by atoms with Crippen molar-refractivity contribution in [1.29, 1.82) is 0 Å². The van der Waals surface area contributed by atoms with Gasteiger partial charge in [-0.1, -0.05) is 32.3 Å². The lowest BCUT2D eigenvalue weighted by molar-refractivity contribution is 0.441. The van der Waals surface area contributed by atoms with E-state index in [0.717, 1.165) is 12.6 Å². The molecule has 1 heteroatoms. The second-order valence-corrected chi connectivity index (χ2v) is 4.25. The lowest BCUT2D eigenvalue weighted by Crippen LogP contribution is -2.28. The molecule has 14 heavy (non-hydrogen) atoms. The third-order valence-electron chi connectivity index (χ3n) is 2.54. The molecule has 0 aliphatic rings. The normalized spacial score (nSPS) is 12.8. The summed E-state index contributed by atoms with van der Waals surface area (Å²) in [5.74, 6) is 0. The van der Waals surface area contributed by atoms with Gasteiger partial charge in [0.05, 0.1) is 0 Å². The summed E-state index contributed by atoms with van der Waals surface area (Å²) in [6.07, 6.45) is 7.78. The lowest BCUT2D eigenvalue weighted by Gasteiger charge is -2.16. The molecule has 0 amide bonds. The molecule has 0 spiro atoms. The summed E-state index contributed by atoms with van der Waals surface area (Å²) in [7, 11) is 0. The monoisotopic (exact) mass is 197 g/mol. The Morgan fingerprint density at radius 1 is 1.21 bits per heavy atom. The molecule has 1 atom stereocenters. The molecule has 0 fully saturated rings. The molecular formula is C13H27N. The third kappa shape index (κ3) is 8.31. The zero-order valence-corrected chi connectivity index (χ0v) is 10.2. The van der Waals surface area contributed by atoms with Crippen LogP contribution in [0.25, 0.3) is 0 Å². The average Bonchev–Trinajstić information content (AvgIpc) is 2.12. The Hall–Kier alpha value is -0.300. The van der Waals surface area contributed by atoms with Gasteiger partial charge in [-0.3, -0.25) is 0 Å². The smallest absolute Gasteiger partial charge is 0.00668 e. The van der Waals surface area contributed by atoms with Gasteiger partial charge >= 0.3 is 0 Å². The highest BCUT2D eigenvalue weighted by Gasteiger charge is 2.04. The van der Waals surface area contributed by atoms with E-state index >= 15 is 0 Å². The van der Waals surface area contributed by atoms with Crippen molar-refractivity contribution >= 4 is 0 Å². The molecule has 0 aliphatic carbocycles. The molecule has 0 saturated carbocycles. The van der Waals surface area contributed by atoms with Crippen molar-refractivity contribution in [2.75, 3.05) is 6.54 Å². The number of hydrogen-bond donors (Lipinski definition) is 1. The minimum Gasteiger partial charge on any atom is -0.314 e. The van der Waals surface area contributed by atoms with Crippen LogP contribution in [0.3, 0.4) is 0 Å². The minimum atomic E-state index is 0.745. The van der Waals surface area contributed by atoms with Crippen LogP contribution in [0.5, 0.6) is 0 Å². The van der Waals surface area contributed by atoms with Gasteiger partial charge in [0.2, 0.25) is 0 Å². The van der Waals surface area contributed by atoms with Gasteiger partial charge in [0.15, 0.2) is 0 Å². The molecule has 0 rings (SSSR count). The van der Waals surface area contributed by atoms with Crippen molar-refractivity contribution in [1.82, 2.24) is 5.32 Å². The van der Waals surface area contributed by atoms with Crippen LogP contribution in [-0.2, 0) is 0 Å². The van der Waals surface area contributed by atoms with E-state index in [0.29, 0.717) is 0 Å². The molecule has 1 N–H and O–H groups in total. The molecule has 0 aliphatic heterocycles. The Morgan fingerprint density at radius 3 is 2.43 bits per heavy atom. The molecule has 0 aromatic rings. The second-order valence-electron chi connectivity index (χ2n) is 4.25. The first-order valence-electron chi connectivity index (χ1n) is 6.08. The molecule has 0 saturated heterocycles. The summed E-state index contributed by atoms with van der Waals surface area (Å²) >= 11 is 0. The van der Waals surface area contributed by atoms with Crippen molar-refractivity contribution in [2.24, 2.45) is 0 Å². The molecule has 0 radical (unpaired) electrons. The van der Waals surface area contributed by atoms with E-state index in [2.05, 4.69) is 32.7 Å².